The molecule has 0 fully saturated rings. The van der Waals surface area contributed by atoms with Crippen molar-refractivity contribution in [3.63, 3.8) is 0 Å². The maximum atomic E-state index is 12.5. The Morgan fingerprint density at radius 1 is 1.19 bits per heavy atom. The van der Waals surface area contributed by atoms with Crippen LogP contribution in [-0.4, -0.2) is 15.2 Å². The largest absolute Gasteiger partial charge is 0.433 e. The first-order valence-corrected chi connectivity index (χ1v) is 4.55. The molecule has 0 aliphatic rings. The van der Waals surface area contributed by atoms with Crippen LogP contribution in [0.5, 0.6) is 0 Å². The van der Waals surface area contributed by atoms with Gasteiger partial charge in [0.1, 0.15) is 5.69 Å². The van der Waals surface area contributed by atoms with Crippen molar-refractivity contribution in [1.29, 1.82) is 0 Å². The zero-order valence-corrected chi connectivity index (χ0v) is 8.12. The molecule has 0 aliphatic heterocycles. The molecule has 0 bridgehead atoms. The Labute approximate surface area is 89.3 Å². The van der Waals surface area contributed by atoms with E-state index in [0.29, 0.717) is 0 Å². The van der Waals surface area contributed by atoms with E-state index in [4.69, 9.17) is 0 Å². The summed E-state index contributed by atoms with van der Waals surface area (Å²) in [6.45, 7) is 0. The summed E-state index contributed by atoms with van der Waals surface area (Å²) in [4.78, 5) is 3.80. The lowest BCUT2D eigenvalue weighted by Crippen LogP contribution is -2.09. The van der Waals surface area contributed by atoms with E-state index in [1.807, 2.05) is 5.10 Å². The monoisotopic (exact) mass is 227 g/mol. The van der Waals surface area contributed by atoms with Crippen molar-refractivity contribution in [3.8, 4) is 0 Å². The van der Waals surface area contributed by atoms with Crippen LogP contribution in [0.25, 0.3) is 0 Å². The molecule has 0 radical (unpaired) electrons. The van der Waals surface area contributed by atoms with E-state index in [0.717, 1.165) is 5.56 Å². The molecule has 16 heavy (non-hydrogen) atoms. The van der Waals surface area contributed by atoms with Crippen molar-refractivity contribution in [2.45, 2.75) is 12.6 Å². The smallest absolute Gasteiger partial charge is 0.273 e. The molecule has 2 aromatic rings. The third kappa shape index (κ3) is 2.21. The quantitative estimate of drug-likeness (QED) is 0.855. The molecule has 84 valence electrons. The van der Waals surface area contributed by atoms with Gasteiger partial charge in [0, 0.05) is 24.4 Å². The van der Waals surface area contributed by atoms with Gasteiger partial charge in [-0.2, -0.15) is 18.3 Å². The lowest BCUT2D eigenvalue weighted by molar-refractivity contribution is -0.141. The van der Waals surface area contributed by atoms with Gasteiger partial charge in [0.25, 0.3) is 0 Å². The number of aromatic nitrogens is 3. The second-order valence-electron chi connectivity index (χ2n) is 3.30. The Balaban J connectivity index is 2.26. The number of H-pyrrole nitrogens is 1. The lowest BCUT2D eigenvalue weighted by atomic mass is 10.1. The number of halogens is 3. The molecule has 0 spiro atoms. The van der Waals surface area contributed by atoms with Crippen LogP contribution in [0.2, 0.25) is 0 Å². The average molecular weight is 227 g/mol. The van der Waals surface area contributed by atoms with Crippen LogP contribution in [0, 0.1) is 0 Å². The number of pyridine rings is 1. The van der Waals surface area contributed by atoms with E-state index in [2.05, 4.69) is 10.1 Å². The Morgan fingerprint density at radius 2 is 1.88 bits per heavy atom. The minimum absolute atomic E-state index is 0.138. The SMILES string of the molecule is FC(F)(F)c1[nH]ncc1Cc1ccncc1. The van der Waals surface area contributed by atoms with Gasteiger partial charge in [0.2, 0.25) is 0 Å². The average Bonchev–Trinajstić information content (AvgIpc) is 2.67. The second-order valence-corrected chi connectivity index (χ2v) is 3.30. The number of nitrogens with one attached hydrogen (secondary N) is 1. The first-order chi connectivity index (χ1) is 7.57. The fraction of sp³-hybridized carbons (Fsp3) is 0.200. The predicted octanol–water partition coefficient (Wildman–Crippen LogP) is 2.41. The molecule has 2 rings (SSSR count). The summed E-state index contributed by atoms with van der Waals surface area (Å²) < 4.78 is 37.5. The molecule has 2 heterocycles. The van der Waals surface area contributed by atoms with E-state index in [1.54, 1.807) is 24.5 Å². The van der Waals surface area contributed by atoms with Crippen LogP contribution in [0.3, 0.4) is 0 Å². The maximum absolute atomic E-state index is 12.5. The van der Waals surface area contributed by atoms with Gasteiger partial charge >= 0.3 is 6.18 Å². The van der Waals surface area contributed by atoms with Crippen molar-refractivity contribution in [3.05, 3.63) is 47.5 Å². The van der Waals surface area contributed by atoms with Gasteiger partial charge in [-0.3, -0.25) is 10.1 Å². The number of nitrogens with zero attached hydrogens (tertiary/aromatic N) is 2. The molecular formula is C10H8F3N3. The van der Waals surface area contributed by atoms with Gasteiger partial charge in [-0.05, 0) is 17.7 Å². The van der Waals surface area contributed by atoms with Gasteiger partial charge in [-0.15, -0.1) is 0 Å². The molecule has 0 aromatic carbocycles. The fourth-order valence-electron chi connectivity index (χ4n) is 1.41. The molecule has 2 aromatic heterocycles. The molecule has 0 atom stereocenters. The van der Waals surface area contributed by atoms with Crippen molar-refractivity contribution >= 4 is 0 Å². The van der Waals surface area contributed by atoms with Gasteiger partial charge in [0.15, 0.2) is 0 Å². The highest BCUT2D eigenvalue weighted by Gasteiger charge is 2.35. The summed E-state index contributed by atoms with van der Waals surface area (Å²) in [5.74, 6) is 0. The summed E-state index contributed by atoms with van der Waals surface area (Å²) in [7, 11) is 0. The van der Waals surface area contributed by atoms with Crippen molar-refractivity contribution in [2.24, 2.45) is 0 Å². The topological polar surface area (TPSA) is 41.6 Å². The van der Waals surface area contributed by atoms with Crippen LogP contribution in [0.1, 0.15) is 16.8 Å². The highest BCUT2D eigenvalue weighted by molar-refractivity contribution is 5.27. The van der Waals surface area contributed by atoms with Crippen molar-refractivity contribution in [2.75, 3.05) is 0 Å². The molecule has 0 saturated heterocycles. The summed E-state index contributed by atoms with van der Waals surface area (Å²) in [5.41, 5.74) is 0.116. The van der Waals surface area contributed by atoms with E-state index in [-0.39, 0.29) is 12.0 Å². The van der Waals surface area contributed by atoms with Crippen LogP contribution in [0.15, 0.2) is 30.7 Å². The summed E-state index contributed by atoms with van der Waals surface area (Å²) >= 11 is 0. The van der Waals surface area contributed by atoms with E-state index in [1.165, 1.54) is 6.20 Å². The molecule has 0 amide bonds. The van der Waals surface area contributed by atoms with Gasteiger partial charge in [-0.25, -0.2) is 0 Å². The number of hydrogen-bond donors (Lipinski definition) is 1. The fourth-order valence-corrected chi connectivity index (χ4v) is 1.41. The van der Waals surface area contributed by atoms with Crippen LogP contribution in [0.4, 0.5) is 13.2 Å². The van der Waals surface area contributed by atoms with E-state index in [9.17, 15) is 13.2 Å². The Morgan fingerprint density at radius 3 is 2.50 bits per heavy atom. The van der Waals surface area contributed by atoms with Crippen molar-refractivity contribution < 1.29 is 13.2 Å². The van der Waals surface area contributed by atoms with Crippen LogP contribution in [-0.2, 0) is 12.6 Å². The number of rotatable bonds is 2. The lowest BCUT2D eigenvalue weighted by Gasteiger charge is -2.06. The molecule has 3 nitrogen and oxygen atoms in total. The highest BCUT2D eigenvalue weighted by Crippen LogP contribution is 2.30. The third-order valence-electron chi connectivity index (χ3n) is 2.15. The molecule has 0 saturated carbocycles. The normalized spacial score (nSPS) is 11.7. The summed E-state index contributed by atoms with van der Waals surface area (Å²) in [5, 5.41) is 5.40. The summed E-state index contributed by atoms with van der Waals surface area (Å²) in [6, 6.07) is 3.35. The van der Waals surface area contributed by atoms with Gasteiger partial charge in [0.05, 0.1) is 6.20 Å². The van der Waals surface area contributed by atoms with Crippen LogP contribution < -0.4 is 0 Å². The molecule has 1 N–H and O–H groups in total. The van der Waals surface area contributed by atoms with Crippen LogP contribution >= 0.6 is 0 Å². The first-order valence-electron chi connectivity index (χ1n) is 4.55. The Bertz CT molecular complexity index is 462. The zero-order chi connectivity index (χ0) is 11.6. The Hall–Kier alpha value is -1.85. The third-order valence-corrected chi connectivity index (χ3v) is 2.15. The minimum atomic E-state index is -4.39. The summed E-state index contributed by atoms with van der Waals surface area (Å²) in [6.07, 6.45) is 0.0847. The van der Waals surface area contributed by atoms with Crippen molar-refractivity contribution in [1.82, 2.24) is 15.2 Å². The number of hydrogen-bond acceptors (Lipinski definition) is 2. The number of aromatic amines is 1. The zero-order valence-electron chi connectivity index (χ0n) is 8.12. The minimum Gasteiger partial charge on any atom is -0.273 e. The molecule has 6 heteroatoms. The van der Waals surface area contributed by atoms with E-state index >= 15 is 0 Å². The maximum Gasteiger partial charge on any atom is 0.433 e. The Kier molecular flexibility index (Phi) is 2.64. The molecular weight excluding hydrogens is 219 g/mol. The van der Waals surface area contributed by atoms with Gasteiger partial charge < -0.3 is 0 Å². The standard InChI is InChI=1S/C10H8F3N3/c11-10(12,13)9-8(6-15-16-9)5-7-1-3-14-4-2-7/h1-4,6H,5H2,(H,15,16). The van der Waals surface area contributed by atoms with Gasteiger partial charge in [-0.1, -0.05) is 0 Å². The molecule has 0 aliphatic carbocycles. The second kappa shape index (κ2) is 3.96. The molecule has 0 unspecified atom stereocenters. The first kappa shape index (κ1) is 10.7. The predicted molar refractivity (Wildman–Crippen MR) is 50.6 cm³/mol. The van der Waals surface area contributed by atoms with E-state index < -0.39 is 11.9 Å². The number of alkyl halides is 3. The highest BCUT2D eigenvalue weighted by atomic mass is 19.4.